The number of aryl methyl sites for hydroxylation is 1. The Morgan fingerprint density at radius 3 is 2.76 bits per heavy atom. The smallest absolute Gasteiger partial charge is 0.352 e. The lowest BCUT2D eigenvalue weighted by molar-refractivity contribution is 0.0685. The minimum Gasteiger partial charge on any atom is -0.477 e. The first-order valence-electron chi connectivity index (χ1n) is 7.37. The molecule has 0 aromatic carbocycles. The molecular weight excluding hydrogens is 292 g/mol. The highest BCUT2D eigenvalue weighted by atomic mass is 32.2. The molecule has 118 valence electrons. The first-order chi connectivity index (χ1) is 9.94. The van der Waals surface area contributed by atoms with Crippen LogP contribution >= 0.6 is 0 Å². The van der Waals surface area contributed by atoms with Crippen LogP contribution in [0.25, 0.3) is 0 Å². The number of carboxylic acid groups (broad SMARTS) is 1. The second-order valence-electron chi connectivity index (χ2n) is 5.54. The highest BCUT2D eigenvalue weighted by Crippen LogP contribution is 2.33. The number of nitrogens with one attached hydrogen (secondary N) is 1. The topological polar surface area (TPSA) is 88.4 Å². The van der Waals surface area contributed by atoms with Gasteiger partial charge in [-0.25, -0.2) is 17.9 Å². The molecule has 1 aromatic heterocycles. The first kappa shape index (κ1) is 16.0. The van der Waals surface area contributed by atoms with E-state index in [1.807, 2.05) is 6.92 Å². The molecule has 0 atom stereocenters. The molecular formula is C14H22N2O4S. The number of carboxylic acids is 1. The monoisotopic (exact) mass is 314 g/mol. The fraction of sp³-hybridized carbons (Fsp3) is 0.643. The second-order valence-corrected chi connectivity index (χ2v) is 7.31. The first-order valence-corrected chi connectivity index (χ1v) is 8.85. The minimum absolute atomic E-state index is 0.00945. The van der Waals surface area contributed by atoms with Crippen LogP contribution < -0.4 is 4.72 Å². The average Bonchev–Trinajstić information content (AvgIpc) is 3.13. The molecule has 2 rings (SSSR count). The summed E-state index contributed by atoms with van der Waals surface area (Å²) in [6, 6.07) is 1.22. The van der Waals surface area contributed by atoms with E-state index >= 15 is 0 Å². The normalized spacial score (nSPS) is 15.3. The molecule has 0 bridgehead atoms. The van der Waals surface area contributed by atoms with Crippen LogP contribution in [0.15, 0.2) is 17.2 Å². The zero-order valence-electron chi connectivity index (χ0n) is 12.2. The fourth-order valence-electron chi connectivity index (χ4n) is 2.32. The van der Waals surface area contributed by atoms with Gasteiger partial charge in [-0.1, -0.05) is 19.8 Å². The van der Waals surface area contributed by atoms with Gasteiger partial charge in [0.05, 0.1) is 0 Å². The van der Waals surface area contributed by atoms with Gasteiger partial charge in [-0.2, -0.15) is 0 Å². The van der Waals surface area contributed by atoms with Gasteiger partial charge in [0.2, 0.25) is 10.0 Å². The molecule has 1 aliphatic rings. The summed E-state index contributed by atoms with van der Waals surface area (Å²) in [4.78, 5) is 11.2. The van der Waals surface area contributed by atoms with Crippen LogP contribution in [0, 0.1) is 5.92 Å². The molecule has 0 saturated heterocycles. The summed E-state index contributed by atoms with van der Waals surface area (Å²) in [6.45, 7) is 2.80. The lowest BCUT2D eigenvalue weighted by Crippen LogP contribution is -2.24. The van der Waals surface area contributed by atoms with Crippen molar-refractivity contribution in [2.24, 2.45) is 5.92 Å². The van der Waals surface area contributed by atoms with Gasteiger partial charge in [0.1, 0.15) is 10.6 Å². The Morgan fingerprint density at radius 1 is 1.48 bits per heavy atom. The van der Waals surface area contributed by atoms with Gasteiger partial charge in [0.25, 0.3) is 0 Å². The Balaban J connectivity index is 2.03. The Hall–Kier alpha value is -1.34. The quantitative estimate of drug-likeness (QED) is 0.683. The van der Waals surface area contributed by atoms with Crippen LogP contribution in [0.4, 0.5) is 0 Å². The van der Waals surface area contributed by atoms with E-state index in [0.717, 1.165) is 25.2 Å². The van der Waals surface area contributed by atoms with E-state index in [0.29, 0.717) is 13.1 Å². The minimum atomic E-state index is -3.63. The van der Waals surface area contributed by atoms with E-state index in [1.54, 1.807) is 0 Å². The maximum absolute atomic E-state index is 12.2. The molecule has 0 unspecified atom stereocenters. The predicted molar refractivity (Wildman–Crippen MR) is 78.8 cm³/mol. The zero-order chi connectivity index (χ0) is 15.5. The van der Waals surface area contributed by atoms with Crippen LogP contribution in [0.3, 0.4) is 0 Å². The third-order valence-electron chi connectivity index (χ3n) is 3.64. The van der Waals surface area contributed by atoms with Gasteiger partial charge in [-0.3, -0.25) is 0 Å². The van der Waals surface area contributed by atoms with E-state index in [2.05, 4.69) is 4.72 Å². The number of sulfonamides is 1. The number of nitrogens with zero attached hydrogens (tertiary/aromatic N) is 1. The molecule has 1 aromatic rings. The molecule has 0 radical (unpaired) electrons. The maximum atomic E-state index is 12.2. The number of rotatable bonds is 9. The van der Waals surface area contributed by atoms with Crippen molar-refractivity contribution in [3.05, 3.63) is 18.0 Å². The van der Waals surface area contributed by atoms with E-state index in [1.165, 1.54) is 29.7 Å². The molecule has 0 spiro atoms. The summed E-state index contributed by atoms with van der Waals surface area (Å²) < 4.78 is 28.4. The van der Waals surface area contributed by atoms with Crippen LogP contribution in [-0.4, -0.2) is 30.6 Å². The average molecular weight is 314 g/mol. The van der Waals surface area contributed by atoms with E-state index in [4.69, 9.17) is 5.11 Å². The summed E-state index contributed by atoms with van der Waals surface area (Å²) >= 11 is 0. The Kier molecular flexibility index (Phi) is 5.05. The van der Waals surface area contributed by atoms with Crippen molar-refractivity contribution in [3.63, 3.8) is 0 Å². The predicted octanol–water partition coefficient (Wildman–Crippen LogP) is 2.06. The maximum Gasteiger partial charge on any atom is 0.352 e. The van der Waals surface area contributed by atoms with Crippen molar-refractivity contribution in [3.8, 4) is 0 Å². The largest absolute Gasteiger partial charge is 0.477 e. The highest BCUT2D eigenvalue weighted by Gasteiger charge is 2.22. The third-order valence-corrected chi connectivity index (χ3v) is 5.07. The van der Waals surface area contributed by atoms with Gasteiger partial charge in [-0.15, -0.1) is 0 Å². The standard InChI is InChI=1S/C14H22N2O4S/c1-2-8-16-10-12(9-13(16)14(17)18)21(19,20)15-7-3-4-11-5-6-11/h9-11,15H,2-8H2,1H3,(H,17,18). The van der Waals surface area contributed by atoms with Gasteiger partial charge < -0.3 is 9.67 Å². The molecule has 1 aliphatic carbocycles. The molecule has 0 aliphatic heterocycles. The van der Waals surface area contributed by atoms with Crippen molar-refractivity contribution in [2.75, 3.05) is 6.54 Å². The SMILES string of the molecule is CCCn1cc(S(=O)(=O)NCCCC2CC2)cc1C(=O)O. The number of aromatic carboxylic acids is 1. The Bertz CT molecular complexity index is 602. The van der Waals surface area contributed by atoms with Crippen molar-refractivity contribution in [1.29, 1.82) is 0 Å². The Labute approximate surface area is 125 Å². The highest BCUT2D eigenvalue weighted by molar-refractivity contribution is 7.89. The van der Waals surface area contributed by atoms with Gasteiger partial charge >= 0.3 is 5.97 Å². The van der Waals surface area contributed by atoms with E-state index < -0.39 is 16.0 Å². The Morgan fingerprint density at radius 2 is 2.19 bits per heavy atom. The van der Waals surface area contributed by atoms with Crippen LogP contribution in [0.1, 0.15) is 49.5 Å². The summed E-state index contributed by atoms with van der Waals surface area (Å²) in [5.41, 5.74) is 0.00945. The summed E-state index contributed by atoms with van der Waals surface area (Å²) in [7, 11) is -3.63. The van der Waals surface area contributed by atoms with Crippen LogP contribution in [-0.2, 0) is 16.6 Å². The molecule has 0 amide bonds. The zero-order valence-corrected chi connectivity index (χ0v) is 13.0. The molecule has 6 nitrogen and oxygen atoms in total. The number of aromatic nitrogens is 1. The van der Waals surface area contributed by atoms with E-state index in [-0.39, 0.29) is 10.6 Å². The van der Waals surface area contributed by atoms with Crippen LogP contribution in [0.2, 0.25) is 0 Å². The van der Waals surface area contributed by atoms with Crippen molar-refractivity contribution in [1.82, 2.24) is 9.29 Å². The third kappa shape index (κ3) is 4.31. The molecule has 1 saturated carbocycles. The molecule has 2 N–H and O–H groups in total. The van der Waals surface area contributed by atoms with Crippen LogP contribution in [0.5, 0.6) is 0 Å². The second kappa shape index (κ2) is 6.62. The number of carbonyl (C=O) groups is 1. The molecule has 1 fully saturated rings. The lowest BCUT2D eigenvalue weighted by atomic mass is 10.2. The van der Waals surface area contributed by atoms with Crippen molar-refractivity contribution >= 4 is 16.0 Å². The number of hydrogen-bond donors (Lipinski definition) is 2. The van der Waals surface area contributed by atoms with Gasteiger partial charge in [0.15, 0.2) is 0 Å². The van der Waals surface area contributed by atoms with Gasteiger partial charge in [-0.05, 0) is 31.2 Å². The van der Waals surface area contributed by atoms with E-state index in [9.17, 15) is 13.2 Å². The fourth-order valence-corrected chi connectivity index (χ4v) is 3.44. The molecule has 7 heteroatoms. The van der Waals surface area contributed by atoms with Gasteiger partial charge in [0, 0.05) is 19.3 Å². The van der Waals surface area contributed by atoms with Crippen molar-refractivity contribution < 1.29 is 18.3 Å². The van der Waals surface area contributed by atoms with Crippen molar-refractivity contribution in [2.45, 2.75) is 50.5 Å². The summed E-state index contributed by atoms with van der Waals surface area (Å²) in [5.74, 6) is -0.336. The molecule has 21 heavy (non-hydrogen) atoms. The molecule has 1 heterocycles. The summed E-state index contributed by atoms with van der Waals surface area (Å²) in [5, 5.41) is 9.12. The lowest BCUT2D eigenvalue weighted by Gasteiger charge is -2.04. The summed E-state index contributed by atoms with van der Waals surface area (Å²) in [6.07, 6.45) is 6.54. The number of hydrogen-bond acceptors (Lipinski definition) is 3.